The number of pyridine rings is 1. The van der Waals surface area contributed by atoms with Gasteiger partial charge in [-0.3, -0.25) is 4.90 Å². The van der Waals surface area contributed by atoms with Crippen molar-refractivity contribution in [2.75, 3.05) is 26.3 Å². The van der Waals surface area contributed by atoms with Crippen LogP contribution in [0.3, 0.4) is 0 Å². The lowest BCUT2D eigenvalue weighted by Crippen LogP contribution is -2.37. The van der Waals surface area contributed by atoms with Crippen molar-refractivity contribution in [2.24, 2.45) is 0 Å². The Bertz CT molecular complexity index is 834. The fourth-order valence-corrected chi connectivity index (χ4v) is 3.37. The van der Waals surface area contributed by atoms with Gasteiger partial charge in [0.1, 0.15) is 0 Å². The number of fused-ring (bicyclic) bond motifs is 1. The first-order valence-corrected chi connectivity index (χ1v) is 8.45. The number of hydrogen-bond donors (Lipinski definition) is 1. The van der Waals surface area contributed by atoms with E-state index in [2.05, 4.69) is 57.1 Å². The number of H-pyrrole nitrogens is 1. The molecule has 24 heavy (non-hydrogen) atoms. The van der Waals surface area contributed by atoms with E-state index in [9.17, 15) is 0 Å². The second-order valence-electron chi connectivity index (χ2n) is 6.34. The van der Waals surface area contributed by atoms with Crippen molar-refractivity contribution in [3.05, 3.63) is 47.9 Å². The van der Waals surface area contributed by atoms with Crippen molar-refractivity contribution in [3.63, 3.8) is 0 Å². The largest absolute Gasteiger partial charge is 0.379 e. The Labute approximate surface area is 141 Å². The maximum absolute atomic E-state index is 5.45. The molecule has 1 aliphatic heterocycles. The van der Waals surface area contributed by atoms with Crippen molar-refractivity contribution in [1.29, 1.82) is 0 Å². The number of aromatic amines is 1. The smallest absolute Gasteiger partial charge is 0.177 e. The number of aromatic nitrogens is 3. The van der Waals surface area contributed by atoms with E-state index < -0.39 is 0 Å². The Balaban J connectivity index is 1.61. The number of nitrogens with one attached hydrogen (secondary N) is 1. The highest BCUT2D eigenvalue weighted by Gasteiger charge is 2.18. The lowest BCUT2D eigenvalue weighted by molar-refractivity contribution is 0.0198. The zero-order valence-electron chi connectivity index (χ0n) is 14.1. The third-order valence-electron chi connectivity index (χ3n) is 4.90. The molecule has 4 rings (SSSR count). The Morgan fingerprint density at radius 2 is 1.92 bits per heavy atom. The first kappa shape index (κ1) is 15.3. The summed E-state index contributed by atoms with van der Waals surface area (Å²) in [6, 6.07) is 11.4. The van der Waals surface area contributed by atoms with Gasteiger partial charge < -0.3 is 9.72 Å². The van der Waals surface area contributed by atoms with Crippen LogP contribution in [0.2, 0.25) is 0 Å². The summed E-state index contributed by atoms with van der Waals surface area (Å²) >= 11 is 0. The van der Waals surface area contributed by atoms with E-state index in [-0.39, 0.29) is 0 Å². The minimum absolute atomic E-state index is 0.414. The number of hydrogen-bond acceptors (Lipinski definition) is 4. The summed E-state index contributed by atoms with van der Waals surface area (Å²) < 4.78 is 5.45. The van der Waals surface area contributed by atoms with E-state index >= 15 is 0 Å². The number of nitrogens with zero attached hydrogens (tertiary/aromatic N) is 3. The minimum Gasteiger partial charge on any atom is -0.379 e. The molecular weight excluding hydrogens is 300 g/mol. The molecule has 0 bridgehead atoms. The number of morpholine rings is 1. The fourth-order valence-electron chi connectivity index (χ4n) is 3.37. The Morgan fingerprint density at radius 3 is 2.67 bits per heavy atom. The van der Waals surface area contributed by atoms with E-state index in [1.54, 1.807) is 6.33 Å². The van der Waals surface area contributed by atoms with E-state index in [0.717, 1.165) is 48.7 Å². The van der Waals surface area contributed by atoms with Crippen LogP contribution in [0.15, 0.2) is 36.7 Å². The predicted octanol–water partition coefficient (Wildman–Crippen LogP) is 3.33. The Hall–Kier alpha value is -2.24. The number of imidazole rings is 1. The molecule has 1 aromatic carbocycles. The summed E-state index contributed by atoms with van der Waals surface area (Å²) in [5.74, 6) is 0. The van der Waals surface area contributed by atoms with Crippen molar-refractivity contribution in [3.8, 4) is 11.1 Å². The summed E-state index contributed by atoms with van der Waals surface area (Å²) in [7, 11) is 0. The number of rotatable bonds is 3. The molecule has 3 aromatic rings. The highest BCUT2D eigenvalue weighted by molar-refractivity contribution is 5.79. The molecule has 0 amide bonds. The van der Waals surface area contributed by atoms with Crippen LogP contribution < -0.4 is 0 Å². The van der Waals surface area contributed by atoms with Crippen LogP contribution in [0.25, 0.3) is 22.3 Å². The fraction of sp³-hybridized carbons (Fsp3) is 0.368. The Morgan fingerprint density at radius 1 is 1.17 bits per heavy atom. The van der Waals surface area contributed by atoms with Crippen LogP contribution in [-0.2, 0) is 4.74 Å². The molecule has 5 heteroatoms. The van der Waals surface area contributed by atoms with Gasteiger partial charge in [-0.1, -0.05) is 24.3 Å². The van der Waals surface area contributed by atoms with Gasteiger partial charge in [-0.05, 0) is 31.0 Å². The Kier molecular flexibility index (Phi) is 4.04. The number of ether oxygens (including phenoxy) is 1. The van der Waals surface area contributed by atoms with Crippen LogP contribution in [0.1, 0.15) is 24.2 Å². The molecule has 1 aliphatic rings. The van der Waals surface area contributed by atoms with Crippen molar-refractivity contribution < 1.29 is 4.74 Å². The monoisotopic (exact) mass is 322 g/mol. The van der Waals surface area contributed by atoms with Gasteiger partial charge in [-0.25, -0.2) is 9.97 Å². The maximum Gasteiger partial charge on any atom is 0.177 e. The van der Waals surface area contributed by atoms with E-state index in [4.69, 9.17) is 4.74 Å². The van der Waals surface area contributed by atoms with Gasteiger partial charge in [0.15, 0.2) is 5.65 Å². The first-order chi connectivity index (χ1) is 11.7. The molecule has 0 radical (unpaired) electrons. The molecule has 0 saturated carbocycles. The lowest BCUT2D eigenvalue weighted by Gasteiger charge is -2.32. The average molecular weight is 322 g/mol. The second kappa shape index (κ2) is 6.34. The van der Waals surface area contributed by atoms with E-state index in [0.29, 0.717) is 6.04 Å². The van der Waals surface area contributed by atoms with Gasteiger partial charge in [0.25, 0.3) is 0 Å². The van der Waals surface area contributed by atoms with Gasteiger partial charge in [-0.15, -0.1) is 0 Å². The molecule has 1 N–H and O–H groups in total. The highest BCUT2D eigenvalue weighted by atomic mass is 16.5. The molecule has 1 atom stereocenters. The quantitative estimate of drug-likeness (QED) is 0.803. The normalized spacial score (nSPS) is 17.2. The third-order valence-corrected chi connectivity index (χ3v) is 4.90. The van der Waals surface area contributed by atoms with Gasteiger partial charge >= 0.3 is 0 Å². The number of benzene rings is 1. The molecule has 3 heterocycles. The van der Waals surface area contributed by atoms with Crippen molar-refractivity contribution in [2.45, 2.75) is 19.9 Å². The topological polar surface area (TPSA) is 54.0 Å². The van der Waals surface area contributed by atoms with Gasteiger partial charge in [0, 0.05) is 30.4 Å². The molecule has 1 fully saturated rings. The van der Waals surface area contributed by atoms with Crippen LogP contribution in [-0.4, -0.2) is 46.2 Å². The van der Waals surface area contributed by atoms with E-state index in [1.165, 1.54) is 11.1 Å². The molecular formula is C19H22N4O. The van der Waals surface area contributed by atoms with Crippen molar-refractivity contribution in [1.82, 2.24) is 19.9 Å². The average Bonchev–Trinajstić information content (AvgIpc) is 3.08. The minimum atomic E-state index is 0.414. The van der Waals surface area contributed by atoms with E-state index in [1.807, 2.05) is 6.92 Å². The molecule has 0 aliphatic carbocycles. The predicted molar refractivity (Wildman–Crippen MR) is 94.9 cm³/mol. The first-order valence-electron chi connectivity index (χ1n) is 8.45. The third kappa shape index (κ3) is 2.81. The van der Waals surface area contributed by atoms with Gasteiger partial charge in [0.2, 0.25) is 0 Å². The van der Waals surface area contributed by atoms with Gasteiger partial charge in [-0.2, -0.15) is 0 Å². The molecule has 124 valence electrons. The summed E-state index contributed by atoms with van der Waals surface area (Å²) in [6.07, 6.45) is 1.69. The zero-order chi connectivity index (χ0) is 16.5. The summed E-state index contributed by atoms with van der Waals surface area (Å²) in [6.45, 7) is 7.97. The summed E-state index contributed by atoms with van der Waals surface area (Å²) in [4.78, 5) is 14.4. The molecule has 0 unspecified atom stereocenters. The lowest BCUT2D eigenvalue weighted by atomic mass is 9.99. The zero-order valence-corrected chi connectivity index (χ0v) is 14.1. The standard InChI is InChI=1S/C19H22N4O/c1-13-17(11-18-19(22-13)21-12-20-18)16-5-3-15(4-6-16)14(2)23-7-9-24-10-8-23/h3-6,11-12,14H,7-10H2,1-2H3,(H,20,21,22)/t14-/m0/s1. The SMILES string of the molecule is Cc1nc2nc[nH]c2cc1-c1ccc([C@H](C)N2CCOCC2)cc1. The number of aryl methyl sites for hydroxylation is 1. The summed E-state index contributed by atoms with van der Waals surface area (Å²) in [5.41, 5.74) is 6.43. The van der Waals surface area contributed by atoms with Crippen LogP contribution >= 0.6 is 0 Å². The maximum atomic E-state index is 5.45. The highest BCUT2D eigenvalue weighted by Crippen LogP contribution is 2.28. The molecule has 0 spiro atoms. The molecule has 1 saturated heterocycles. The summed E-state index contributed by atoms with van der Waals surface area (Å²) in [5, 5.41) is 0. The molecule has 5 nitrogen and oxygen atoms in total. The van der Waals surface area contributed by atoms with Crippen LogP contribution in [0.5, 0.6) is 0 Å². The van der Waals surface area contributed by atoms with Gasteiger partial charge in [0.05, 0.1) is 25.1 Å². The second-order valence-corrected chi connectivity index (χ2v) is 6.34. The van der Waals surface area contributed by atoms with Crippen LogP contribution in [0.4, 0.5) is 0 Å². The molecule has 2 aromatic heterocycles. The van der Waals surface area contributed by atoms with Crippen molar-refractivity contribution >= 4 is 11.2 Å². The van der Waals surface area contributed by atoms with Crippen LogP contribution in [0, 0.1) is 6.92 Å².